The lowest BCUT2D eigenvalue weighted by molar-refractivity contribution is -0.130. The van der Waals surface area contributed by atoms with Crippen LogP contribution in [0, 0.1) is 5.92 Å². The molecular weight excluding hydrogens is 372 g/mol. The van der Waals surface area contributed by atoms with E-state index in [-0.39, 0.29) is 12.5 Å². The lowest BCUT2D eigenvalue weighted by Gasteiger charge is -2.11. The van der Waals surface area contributed by atoms with Gasteiger partial charge in [0, 0.05) is 10.9 Å². The maximum Gasteiger partial charge on any atom is 0.276 e. The maximum atomic E-state index is 11.7. The third kappa shape index (κ3) is 5.50. The molecule has 0 atom stereocenters. The average molecular weight is 390 g/mol. The van der Waals surface area contributed by atoms with Crippen LogP contribution in [-0.2, 0) is 9.59 Å². The summed E-state index contributed by atoms with van der Waals surface area (Å²) in [4.78, 5) is 23.3. The third-order valence-electron chi connectivity index (χ3n) is 3.54. The number of carbonyl (C=O) groups is 2. The molecule has 0 bridgehead atoms. The fourth-order valence-corrected chi connectivity index (χ4v) is 3.17. The van der Waals surface area contributed by atoms with Crippen LogP contribution in [0.25, 0.3) is 0 Å². The monoisotopic (exact) mass is 388 g/mol. The minimum Gasteiger partial charge on any atom is -0.482 e. The number of carbonyl (C=O) groups excluding carboxylic acids is 2. The van der Waals surface area contributed by atoms with Gasteiger partial charge in [0.2, 0.25) is 5.91 Å². The van der Waals surface area contributed by atoms with Crippen LogP contribution in [0.1, 0.15) is 32.1 Å². The third-order valence-corrected chi connectivity index (χ3v) is 4.33. The molecule has 0 radical (unpaired) electrons. The van der Waals surface area contributed by atoms with Crippen LogP contribution in [0.4, 0.5) is 0 Å². The van der Waals surface area contributed by atoms with E-state index in [4.69, 9.17) is 16.3 Å². The molecule has 0 heterocycles. The van der Waals surface area contributed by atoms with E-state index >= 15 is 0 Å². The first-order chi connectivity index (χ1) is 10.5. The molecule has 2 amide bonds. The first kappa shape index (κ1) is 17.1. The Morgan fingerprint density at radius 1 is 1.23 bits per heavy atom. The van der Waals surface area contributed by atoms with Crippen molar-refractivity contribution in [1.82, 2.24) is 10.9 Å². The van der Waals surface area contributed by atoms with Crippen LogP contribution in [0.2, 0.25) is 5.02 Å². The Bertz CT molecular complexity index is 548. The van der Waals surface area contributed by atoms with Gasteiger partial charge in [0.15, 0.2) is 6.61 Å². The number of nitrogens with one attached hydrogen (secondary N) is 2. The lowest BCUT2D eigenvalue weighted by Crippen LogP contribution is -2.44. The van der Waals surface area contributed by atoms with Crippen molar-refractivity contribution in [3.05, 3.63) is 27.7 Å². The number of hydrogen-bond donors (Lipinski definition) is 2. The first-order valence-corrected chi connectivity index (χ1v) is 8.37. The Hall–Kier alpha value is -1.27. The second-order valence-corrected chi connectivity index (χ2v) is 6.64. The first-order valence-electron chi connectivity index (χ1n) is 7.20. The minimum absolute atomic E-state index is 0.165. The van der Waals surface area contributed by atoms with E-state index in [1.807, 2.05) is 0 Å². The van der Waals surface area contributed by atoms with Crippen molar-refractivity contribution in [3.8, 4) is 5.75 Å². The fraction of sp³-hybridized carbons (Fsp3) is 0.467. The smallest absolute Gasteiger partial charge is 0.276 e. The van der Waals surface area contributed by atoms with Crippen LogP contribution in [0.5, 0.6) is 5.75 Å². The van der Waals surface area contributed by atoms with Crippen molar-refractivity contribution in [1.29, 1.82) is 0 Å². The molecule has 0 saturated heterocycles. The molecule has 1 aromatic rings. The van der Waals surface area contributed by atoms with Crippen molar-refractivity contribution in [3.63, 3.8) is 0 Å². The zero-order valence-electron chi connectivity index (χ0n) is 12.0. The predicted molar refractivity (Wildman–Crippen MR) is 87.5 cm³/mol. The number of halogens is 2. The summed E-state index contributed by atoms with van der Waals surface area (Å²) < 4.78 is 6.13. The van der Waals surface area contributed by atoms with E-state index in [0.717, 1.165) is 17.3 Å². The van der Waals surface area contributed by atoms with Gasteiger partial charge in [-0.05, 0) is 37.0 Å². The van der Waals surface area contributed by atoms with Crippen molar-refractivity contribution >= 4 is 39.3 Å². The molecule has 2 N–H and O–H groups in total. The molecule has 1 fully saturated rings. The topological polar surface area (TPSA) is 67.4 Å². The molecule has 1 aromatic carbocycles. The number of hydrazine groups is 1. The van der Waals surface area contributed by atoms with Gasteiger partial charge >= 0.3 is 0 Å². The standard InChI is InChI=1S/C15H18BrClN2O3/c16-11-5-6-13(12(17)8-11)22-9-15(21)19-18-14(20)7-10-3-1-2-4-10/h5-6,8,10H,1-4,7,9H2,(H,18,20)(H,19,21). The second-order valence-electron chi connectivity index (χ2n) is 5.31. The number of ether oxygens (including phenoxy) is 1. The van der Waals surface area contributed by atoms with Gasteiger partial charge in [-0.25, -0.2) is 0 Å². The molecule has 5 nitrogen and oxygen atoms in total. The summed E-state index contributed by atoms with van der Waals surface area (Å²) in [6.07, 6.45) is 5.01. The molecule has 0 unspecified atom stereocenters. The van der Waals surface area contributed by atoms with E-state index in [0.29, 0.717) is 23.1 Å². The zero-order valence-corrected chi connectivity index (χ0v) is 14.4. The molecule has 7 heteroatoms. The summed E-state index contributed by atoms with van der Waals surface area (Å²) in [5.74, 6) is 0.257. The number of hydrogen-bond acceptors (Lipinski definition) is 3. The van der Waals surface area contributed by atoms with Gasteiger partial charge in [0.25, 0.3) is 5.91 Å². The summed E-state index contributed by atoms with van der Waals surface area (Å²) in [7, 11) is 0. The van der Waals surface area contributed by atoms with Gasteiger partial charge in [0.1, 0.15) is 5.75 Å². The zero-order chi connectivity index (χ0) is 15.9. The molecule has 22 heavy (non-hydrogen) atoms. The molecule has 1 saturated carbocycles. The Balaban J connectivity index is 1.68. The van der Waals surface area contributed by atoms with Gasteiger partial charge in [-0.15, -0.1) is 0 Å². The van der Waals surface area contributed by atoms with Crippen molar-refractivity contribution in [2.75, 3.05) is 6.61 Å². The van der Waals surface area contributed by atoms with Gasteiger partial charge in [-0.1, -0.05) is 40.4 Å². The molecule has 1 aliphatic carbocycles. The summed E-state index contributed by atoms with van der Waals surface area (Å²) in [6, 6.07) is 5.11. The Morgan fingerprint density at radius 3 is 2.59 bits per heavy atom. The second kappa shape index (κ2) is 8.39. The molecular formula is C15H18BrClN2O3. The molecule has 2 rings (SSSR count). The average Bonchev–Trinajstić information content (AvgIpc) is 2.97. The molecule has 0 spiro atoms. The number of benzene rings is 1. The van der Waals surface area contributed by atoms with Gasteiger partial charge in [-0.3, -0.25) is 20.4 Å². The van der Waals surface area contributed by atoms with Crippen LogP contribution in [-0.4, -0.2) is 18.4 Å². The minimum atomic E-state index is -0.432. The highest BCUT2D eigenvalue weighted by atomic mass is 79.9. The number of rotatable bonds is 5. The van der Waals surface area contributed by atoms with Crippen molar-refractivity contribution in [2.45, 2.75) is 32.1 Å². The summed E-state index contributed by atoms with van der Waals surface area (Å²) >= 11 is 9.27. The van der Waals surface area contributed by atoms with Crippen LogP contribution in [0.15, 0.2) is 22.7 Å². The van der Waals surface area contributed by atoms with E-state index in [9.17, 15) is 9.59 Å². The number of amides is 2. The molecule has 0 aromatic heterocycles. The summed E-state index contributed by atoms with van der Waals surface area (Å²) in [6.45, 7) is -0.217. The Labute approximate surface area is 142 Å². The quantitative estimate of drug-likeness (QED) is 0.760. The summed E-state index contributed by atoms with van der Waals surface area (Å²) in [5.41, 5.74) is 4.75. The Morgan fingerprint density at radius 2 is 1.91 bits per heavy atom. The Kier molecular flexibility index (Phi) is 6.51. The molecule has 120 valence electrons. The highest BCUT2D eigenvalue weighted by molar-refractivity contribution is 9.10. The fourth-order valence-electron chi connectivity index (χ4n) is 2.44. The summed E-state index contributed by atoms with van der Waals surface area (Å²) in [5, 5.41) is 0.410. The predicted octanol–water partition coefficient (Wildman–Crippen LogP) is 3.21. The van der Waals surface area contributed by atoms with Crippen LogP contribution in [0.3, 0.4) is 0 Å². The van der Waals surface area contributed by atoms with E-state index in [1.165, 1.54) is 12.8 Å². The van der Waals surface area contributed by atoms with Gasteiger partial charge < -0.3 is 4.74 Å². The van der Waals surface area contributed by atoms with Crippen molar-refractivity contribution < 1.29 is 14.3 Å². The normalized spacial score (nSPS) is 14.6. The van der Waals surface area contributed by atoms with Crippen LogP contribution < -0.4 is 15.6 Å². The van der Waals surface area contributed by atoms with Gasteiger partial charge in [0.05, 0.1) is 5.02 Å². The molecule has 1 aliphatic rings. The van der Waals surface area contributed by atoms with E-state index in [2.05, 4.69) is 26.8 Å². The lowest BCUT2D eigenvalue weighted by atomic mass is 10.0. The van der Waals surface area contributed by atoms with Crippen LogP contribution >= 0.6 is 27.5 Å². The van der Waals surface area contributed by atoms with Crippen molar-refractivity contribution in [2.24, 2.45) is 5.92 Å². The largest absolute Gasteiger partial charge is 0.482 e. The van der Waals surface area contributed by atoms with E-state index < -0.39 is 5.91 Å². The maximum absolute atomic E-state index is 11.7. The highest BCUT2D eigenvalue weighted by Gasteiger charge is 2.18. The van der Waals surface area contributed by atoms with E-state index in [1.54, 1.807) is 18.2 Å². The SMILES string of the molecule is O=C(COc1ccc(Br)cc1Cl)NNC(=O)CC1CCCC1. The van der Waals surface area contributed by atoms with Gasteiger partial charge in [-0.2, -0.15) is 0 Å². The highest BCUT2D eigenvalue weighted by Crippen LogP contribution is 2.28. The molecule has 0 aliphatic heterocycles.